The lowest BCUT2D eigenvalue weighted by Gasteiger charge is -2.10. The summed E-state index contributed by atoms with van der Waals surface area (Å²) in [4.78, 5) is 0. The summed E-state index contributed by atoms with van der Waals surface area (Å²) in [5, 5.41) is 9.15. The molecule has 0 aliphatic heterocycles. The third kappa shape index (κ3) is 3.48. The number of hydrogen-bond acceptors (Lipinski definition) is 1. The maximum atomic E-state index is 9.15. The summed E-state index contributed by atoms with van der Waals surface area (Å²) >= 11 is 0. The Bertz CT molecular complexity index is 546. The summed E-state index contributed by atoms with van der Waals surface area (Å²) in [7, 11) is 0. The molecule has 0 spiro atoms. The van der Waals surface area contributed by atoms with Gasteiger partial charge in [0.15, 0.2) is 0 Å². The number of benzene rings is 1. The quantitative estimate of drug-likeness (QED) is 0.765. The lowest BCUT2D eigenvalue weighted by Crippen LogP contribution is -2.06. The van der Waals surface area contributed by atoms with Crippen molar-refractivity contribution in [2.24, 2.45) is 0 Å². The molecule has 0 amide bonds. The van der Waals surface area contributed by atoms with Crippen LogP contribution in [0.5, 0.6) is 0 Å². The molecule has 0 saturated heterocycles. The fourth-order valence-corrected chi connectivity index (χ4v) is 2.32. The average molecular weight is 252 g/mol. The van der Waals surface area contributed by atoms with Gasteiger partial charge in [-0.05, 0) is 37.0 Å². The molecule has 0 bridgehead atoms. The third-order valence-corrected chi connectivity index (χ3v) is 3.43. The lowest BCUT2D eigenvalue weighted by atomic mass is 10.1. The molecule has 0 unspecified atom stereocenters. The zero-order valence-corrected chi connectivity index (χ0v) is 11.5. The van der Waals surface area contributed by atoms with Gasteiger partial charge in [0.05, 0.1) is 0 Å². The standard InChI is InChI=1S/C17H20N2/c1-2-3-13-19-16(11-12-17(19)14-18)10-9-15-7-5-4-6-8-15/h4-8,11-12H,2-3,9-10,13H2,1H3. The normalized spacial score (nSPS) is 10.3. The monoisotopic (exact) mass is 252 g/mol. The number of nitrogens with zero attached hydrogens (tertiary/aromatic N) is 2. The molecular formula is C17H20N2. The zero-order valence-electron chi connectivity index (χ0n) is 11.5. The van der Waals surface area contributed by atoms with Gasteiger partial charge in [-0.15, -0.1) is 0 Å². The van der Waals surface area contributed by atoms with Crippen molar-refractivity contribution in [1.82, 2.24) is 4.57 Å². The van der Waals surface area contributed by atoms with E-state index in [0.717, 1.165) is 37.9 Å². The van der Waals surface area contributed by atoms with Gasteiger partial charge in [0.1, 0.15) is 11.8 Å². The molecule has 2 aromatic rings. The molecule has 1 heterocycles. The van der Waals surface area contributed by atoms with Crippen molar-refractivity contribution in [3.8, 4) is 6.07 Å². The fourth-order valence-electron chi connectivity index (χ4n) is 2.32. The number of hydrogen-bond donors (Lipinski definition) is 0. The summed E-state index contributed by atoms with van der Waals surface area (Å²) in [5.74, 6) is 0. The first-order valence-electron chi connectivity index (χ1n) is 6.97. The fraction of sp³-hybridized carbons (Fsp3) is 0.353. The molecule has 0 aliphatic rings. The van der Waals surface area contributed by atoms with Gasteiger partial charge in [0, 0.05) is 12.2 Å². The minimum atomic E-state index is 0.788. The van der Waals surface area contributed by atoms with Crippen molar-refractivity contribution in [2.75, 3.05) is 0 Å². The number of aryl methyl sites for hydroxylation is 2. The predicted molar refractivity (Wildman–Crippen MR) is 77.9 cm³/mol. The molecule has 1 aromatic heterocycles. The van der Waals surface area contributed by atoms with E-state index in [1.54, 1.807) is 0 Å². The zero-order chi connectivity index (χ0) is 13.5. The highest BCUT2D eigenvalue weighted by Gasteiger charge is 2.07. The van der Waals surface area contributed by atoms with E-state index in [1.165, 1.54) is 11.3 Å². The Kier molecular flexibility index (Phi) is 4.80. The third-order valence-electron chi connectivity index (χ3n) is 3.43. The molecule has 0 fully saturated rings. The Morgan fingerprint density at radius 3 is 2.53 bits per heavy atom. The minimum Gasteiger partial charge on any atom is -0.337 e. The number of unbranched alkanes of at least 4 members (excludes halogenated alkanes) is 1. The molecule has 0 saturated carbocycles. The highest BCUT2D eigenvalue weighted by atomic mass is 15.0. The van der Waals surface area contributed by atoms with E-state index in [4.69, 9.17) is 5.26 Å². The molecule has 0 radical (unpaired) electrons. The number of nitriles is 1. The lowest BCUT2D eigenvalue weighted by molar-refractivity contribution is 0.603. The van der Waals surface area contributed by atoms with Crippen LogP contribution in [0.4, 0.5) is 0 Å². The van der Waals surface area contributed by atoms with Gasteiger partial charge in [0.25, 0.3) is 0 Å². The molecule has 0 atom stereocenters. The van der Waals surface area contributed by atoms with Crippen molar-refractivity contribution in [2.45, 2.75) is 39.2 Å². The molecular weight excluding hydrogens is 232 g/mol. The number of aromatic nitrogens is 1. The van der Waals surface area contributed by atoms with Gasteiger partial charge in [-0.2, -0.15) is 5.26 Å². The highest BCUT2D eigenvalue weighted by molar-refractivity contribution is 5.28. The second-order valence-electron chi connectivity index (χ2n) is 4.81. The predicted octanol–water partition coefficient (Wildman–Crippen LogP) is 3.95. The first-order valence-corrected chi connectivity index (χ1v) is 6.97. The molecule has 2 rings (SSSR count). The molecule has 1 aromatic carbocycles. The Balaban J connectivity index is 2.07. The second-order valence-corrected chi connectivity index (χ2v) is 4.81. The van der Waals surface area contributed by atoms with E-state index >= 15 is 0 Å². The molecule has 2 nitrogen and oxygen atoms in total. The first-order chi connectivity index (χ1) is 9.35. The van der Waals surface area contributed by atoms with Crippen LogP contribution in [0.3, 0.4) is 0 Å². The van der Waals surface area contributed by atoms with Crippen molar-refractivity contribution < 1.29 is 0 Å². The van der Waals surface area contributed by atoms with Crippen molar-refractivity contribution in [3.63, 3.8) is 0 Å². The van der Waals surface area contributed by atoms with Crippen LogP contribution in [-0.4, -0.2) is 4.57 Å². The Labute approximate surface area is 115 Å². The second kappa shape index (κ2) is 6.80. The van der Waals surface area contributed by atoms with Crippen LogP contribution in [-0.2, 0) is 19.4 Å². The van der Waals surface area contributed by atoms with E-state index in [-0.39, 0.29) is 0 Å². The van der Waals surface area contributed by atoms with Crippen LogP contribution >= 0.6 is 0 Å². The van der Waals surface area contributed by atoms with E-state index in [2.05, 4.69) is 47.9 Å². The van der Waals surface area contributed by atoms with Crippen molar-refractivity contribution in [1.29, 1.82) is 5.26 Å². The van der Waals surface area contributed by atoms with Crippen LogP contribution in [0.15, 0.2) is 42.5 Å². The van der Waals surface area contributed by atoms with Gasteiger partial charge in [-0.3, -0.25) is 0 Å². The molecule has 19 heavy (non-hydrogen) atoms. The Hall–Kier alpha value is -2.01. The van der Waals surface area contributed by atoms with Crippen LogP contribution in [0, 0.1) is 11.3 Å². The highest BCUT2D eigenvalue weighted by Crippen LogP contribution is 2.13. The summed E-state index contributed by atoms with van der Waals surface area (Å²) in [6.45, 7) is 3.13. The maximum Gasteiger partial charge on any atom is 0.120 e. The first kappa shape index (κ1) is 13.4. The average Bonchev–Trinajstić information content (AvgIpc) is 2.86. The van der Waals surface area contributed by atoms with Gasteiger partial charge < -0.3 is 4.57 Å². The molecule has 2 heteroatoms. The van der Waals surface area contributed by atoms with Crippen molar-refractivity contribution in [3.05, 3.63) is 59.4 Å². The van der Waals surface area contributed by atoms with E-state index in [1.807, 2.05) is 12.1 Å². The van der Waals surface area contributed by atoms with Crippen molar-refractivity contribution >= 4 is 0 Å². The maximum absolute atomic E-state index is 9.15. The van der Waals surface area contributed by atoms with Crippen LogP contribution in [0.1, 0.15) is 36.7 Å². The van der Waals surface area contributed by atoms with Crippen LogP contribution < -0.4 is 0 Å². The Morgan fingerprint density at radius 2 is 1.84 bits per heavy atom. The molecule has 0 aliphatic carbocycles. The van der Waals surface area contributed by atoms with Gasteiger partial charge >= 0.3 is 0 Å². The van der Waals surface area contributed by atoms with E-state index < -0.39 is 0 Å². The summed E-state index contributed by atoms with van der Waals surface area (Å²) in [5.41, 5.74) is 3.41. The smallest absolute Gasteiger partial charge is 0.120 e. The summed E-state index contributed by atoms with van der Waals surface area (Å²) in [6.07, 6.45) is 4.31. The van der Waals surface area contributed by atoms with E-state index in [0.29, 0.717) is 0 Å². The molecule has 0 N–H and O–H groups in total. The van der Waals surface area contributed by atoms with Gasteiger partial charge in [0.2, 0.25) is 0 Å². The number of rotatable bonds is 6. The SMILES string of the molecule is CCCCn1c(C#N)ccc1CCc1ccccc1. The van der Waals surface area contributed by atoms with Crippen LogP contribution in [0.2, 0.25) is 0 Å². The minimum absolute atomic E-state index is 0.788. The van der Waals surface area contributed by atoms with Gasteiger partial charge in [-0.1, -0.05) is 43.7 Å². The van der Waals surface area contributed by atoms with E-state index in [9.17, 15) is 0 Å². The summed E-state index contributed by atoms with van der Waals surface area (Å²) in [6, 6.07) is 16.8. The Morgan fingerprint density at radius 1 is 1.05 bits per heavy atom. The molecule has 98 valence electrons. The largest absolute Gasteiger partial charge is 0.337 e. The topological polar surface area (TPSA) is 28.7 Å². The van der Waals surface area contributed by atoms with Crippen LogP contribution in [0.25, 0.3) is 0 Å². The van der Waals surface area contributed by atoms with Gasteiger partial charge in [-0.25, -0.2) is 0 Å². The summed E-state index contributed by atoms with van der Waals surface area (Å²) < 4.78 is 2.17.